The average molecular weight is 442 g/mol. The van der Waals surface area contributed by atoms with Crippen molar-refractivity contribution in [2.24, 2.45) is 0 Å². The third-order valence-electron chi connectivity index (χ3n) is 2.46. The van der Waals surface area contributed by atoms with E-state index in [2.05, 4.69) is 37.2 Å². The van der Waals surface area contributed by atoms with Crippen LogP contribution in [0.2, 0.25) is 0 Å². The predicted octanol–water partition coefficient (Wildman–Crippen LogP) is 2.75. The number of hydrogen-bond donors (Lipinski definition) is 1. The summed E-state index contributed by atoms with van der Waals surface area (Å²) in [5, 5.41) is 2.73. The van der Waals surface area contributed by atoms with E-state index in [0.29, 0.717) is 8.95 Å². The molecule has 0 saturated carbocycles. The topological polar surface area (TPSA) is 66.5 Å². The van der Waals surface area contributed by atoms with Crippen molar-refractivity contribution in [3.05, 3.63) is 27.1 Å². The van der Waals surface area contributed by atoms with Gasteiger partial charge in [-0.05, 0) is 54.9 Å². The van der Waals surface area contributed by atoms with E-state index in [1.165, 1.54) is 13.1 Å². The Labute approximate surface area is 142 Å². The number of nitrogens with one attached hydrogen (secondary N) is 1. The van der Waals surface area contributed by atoms with Gasteiger partial charge in [-0.3, -0.25) is 4.79 Å². The molecule has 0 radical (unpaired) electrons. The number of benzene rings is 1. The maximum atomic E-state index is 12.5. The molecule has 0 heterocycles. The van der Waals surface area contributed by atoms with E-state index in [9.17, 15) is 13.2 Å². The summed E-state index contributed by atoms with van der Waals surface area (Å²) in [4.78, 5) is 12.0. The minimum atomic E-state index is -3.75. The Bertz CT molecular complexity index is 639. The molecule has 1 aromatic carbocycles. The van der Waals surface area contributed by atoms with Crippen LogP contribution in [0.15, 0.2) is 32.0 Å². The third kappa shape index (κ3) is 5.36. The van der Waals surface area contributed by atoms with Gasteiger partial charge in [-0.1, -0.05) is 15.9 Å². The zero-order chi connectivity index (χ0) is 16.4. The van der Waals surface area contributed by atoms with Gasteiger partial charge in [-0.2, -0.15) is 4.31 Å². The van der Waals surface area contributed by atoms with Crippen LogP contribution in [-0.2, 0) is 14.8 Å². The number of likely N-dealkylation sites (N-methyl/N-ethyl adjacent to an activating group) is 1. The molecule has 1 N–H and O–H groups in total. The monoisotopic (exact) mass is 440 g/mol. The van der Waals surface area contributed by atoms with E-state index in [-0.39, 0.29) is 17.3 Å². The van der Waals surface area contributed by atoms with Crippen molar-refractivity contribution >= 4 is 47.8 Å². The van der Waals surface area contributed by atoms with Crippen LogP contribution in [0.5, 0.6) is 0 Å². The van der Waals surface area contributed by atoms with Crippen molar-refractivity contribution in [1.29, 1.82) is 0 Å². The Balaban J connectivity index is 2.97. The Hall–Kier alpha value is -0.440. The molecule has 1 aromatic rings. The number of carbonyl (C=O) groups excluding carboxylic acids is 1. The van der Waals surface area contributed by atoms with Crippen LogP contribution in [0.4, 0.5) is 0 Å². The molecular formula is C13H18Br2N2O3S. The lowest BCUT2D eigenvalue weighted by molar-refractivity contribution is -0.122. The molecule has 0 aliphatic carbocycles. The molecule has 0 aliphatic heterocycles. The number of rotatable bonds is 4. The summed E-state index contributed by atoms with van der Waals surface area (Å²) >= 11 is 6.47. The summed E-state index contributed by atoms with van der Waals surface area (Å²) in [6.07, 6.45) is 0. The molecule has 8 heteroatoms. The van der Waals surface area contributed by atoms with E-state index >= 15 is 0 Å². The van der Waals surface area contributed by atoms with Gasteiger partial charge in [0.1, 0.15) is 0 Å². The van der Waals surface area contributed by atoms with Gasteiger partial charge in [0.2, 0.25) is 15.9 Å². The standard InChI is InChI=1S/C13H18Br2N2O3S/c1-13(2,3)16-12(18)8-17(4)21(19,20)11-7-9(14)5-6-10(11)15/h5-7H,8H2,1-4H3,(H,16,18). The second-order valence-electron chi connectivity index (χ2n) is 5.63. The molecule has 0 fully saturated rings. The quantitative estimate of drug-likeness (QED) is 0.780. The van der Waals surface area contributed by atoms with Crippen molar-refractivity contribution in [3.63, 3.8) is 0 Å². The summed E-state index contributed by atoms with van der Waals surface area (Å²) in [5.74, 6) is -0.348. The van der Waals surface area contributed by atoms with E-state index in [4.69, 9.17) is 0 Å². The Kier molecular flexibility index (Phi) is 5.99. The SMILES string of the molecule is CN(CC(=O)NC(C)(C)C)S(=O)(=O)c1cc(Br)ccc1Br. The van der Waals surface area contributed by atoms with Crippen LogP contribution in [0.3, 0.4) is 0 Å². The smallest absolute Gasteiger partial charge is 0.244 e. The van der Waals surface area contributed by atoms with Crippen molar-refractivity contribution in [3.8, 4) is 0 Å². The predicted molar refractivity (Wildman–Crippen MR) is 89.6 cm³/mol. The summed E-state index contributed by atoms with van der Waals surface area (Å²) in [6.45, 7) is 5.28. The molecule has 0 aromatic heterocycles. The molecule has 0 spiro atoms. The summed E-state index contributed by atoms with van der Waals surface area (Å²) < 4.78 is 27.1. The second kappa shape index (κ2) is 6.76. The zero-order valence-electron chi connectivity index (χ0n) is 12.3. The highest BCUT2D eigenvalue weighted by Crippen LogP contribution is 2.27. The first kappa shape index (κ1) is 18.6. The number of amides is 1. The van der Waals surface area contributed by atoms with Crippen LogP contribution in [0, 0.1) is 0 Å². The number of sulfonamides is 1. The number of nitrogens with zero attached hydrogens (tertiary/aromatic N) is 1. The van der Waals surface area contributed by atoms with Gasteiger partial charge in [-0.15, -0.1) is 0 Å². The van der Waals surface area contributed by atoms with Gasteiger partial charge in [0.05, 0.1) is 11.4 Å². The minimum absolute atomic E-state index is 0.114. The maximum absolute atomic E-state index is 12.5. The molecule has 0 atom stereocenters. The number of hydrogen-bond acceptors (Lipinski definition) is 3. The molecule has 0 bridgehead atoms. The molecule has 0 aliphatic rings. The molecule has 21 heavy (non-hydrogen) atoms. The van der Waals surface area contributed by atoms with Gasteiger partial charge in [0.25, 0.3) is 0 Å². The molecule has 118 valence electrons. The van der Waals surface area contributed by atoms with Crippen molar-refractivity contribution in [1.82, 2.24) is 9.62 Å². The third-order valence-corrected chi connectivity index (χ3v) is 5.75. The molecule has 0 saturated heterocycles. The Morgan fingerprint density at radius 2 is 1.86 bits per heavy atom. The fourth-order valence-corrected chi connectivity index (χ4v) is 4.17. The molecule has 1 rings (SSSR count). The molecule has 1 amide bonds. The van der Waals surface area contributed by atoms with Crippen LogP contribution < -0.4 is 5.32 Å². The summed E-state index contributed by atoms with van der Waals surface area (Å²) in [5.41, 5.74) is -0.405. The van der Waals surface area contributed by atoms with E-state index in [1.54, 1.807) is 12.1 Å². The van der Waals surface area contributed by atoms with Gasteiger partial charge in [0, 0.05) is 21.5 Å². The highest BCUT2D eigenvalue weighted by molar-refractivity contribution is 9.11. The van der Waals surface area contributed by atoms with E-state index in [0.717, 1.165) is 4.31 Å². The Morgan fingerprint density at radius 1 is 1.29 bits per heavy atom. The van der Waals surface area contributed by atoms with Crippen molar-refractivity contribution in [2.45, 2.75) is 31.2 Å². The van der Waals surface area contributed by atoms with Crippen LogP contribution in [0.1, 0.15) is 20.8 Å². The fourth-order valence-electron chi connectivity index (χ4n) is 1.59. The fraction of sp³-hybridized carbons (Fsp3) is 0.462. The largest absolute Gasteiger partial charge is 0.350 e. The van der Waals surface area contributed by atoms with Gasteiger partial charge in [0.15, 0.2) is 0 Å². The summed E-state index contributed by atoms with van der Waals surface area (Å²) in [6, 6.07) is 4.87. The van der Waals surface area contributed by atoms with Crippen molar-refractivity contribution < 1.29 is 13.2 Å². The van der Waals surface area contributed by atoms with E-state index in [1.807, 2.05) is 20.8 Å². The highest BCUT2D eigenvalue weighted by Gasteiger charge is 2.26. The first-order valence-electron chi connectivity index (χ1n) is 6.16. The minimum Gasteiger partial charge on any atom is -0.350 e. The Morgan fingerprint density at radius 3 is 2.38 bits per heavy atom. The number of carbonyl (C=O) groups is 1. The maximum Gasteiger partial charge on any atom is 0.244 e. The lowest BCUT2D eigenvalue weighted by atomic mass is 10.1. The van der Waals surface area contributed by atoms with Crippen molar-refractivity contribution in [2.75, 3.05) is 13.6 Å². The second-order valence-corrected chi connectivity index (χ2v) is 9.42. The molecular weight excluding hydrogens is 424 g/mol. The van der Waals surface area contributed by atoms with Gasteiger partial charge in [-0.25, -0.2) is 8.42 Å². The average Bonchev–Trinajstić information content (AvgIpc) is 2.29. The van der Waals surface area contributed by atoms with Crippen LogP contribution in [-0.4, -0.2) is 37.8 Å². The number of halogens is 2. The molecule has 0 unspecified atom stereocenters. The van der Waals surface area contributed by atoms with Crippen LogP contribution >= 0.6 is 31.9 Å². The lowest BCUT2D eigenvalue weighted by Gasteiger charge is -2.23. The van der Waals surface area contributed by atoms with Crippen LogP contribution in [0.25, 0.3) is 0 Å². The first-order chi connectivity index (χ1) is 9.43. The first-order valence-corrected chi connectivity index (χ1v) is 9.18. The van der Waals surface area contributed by atoms with Gasteiger partial charge < -0.3 is 5.32 Å². The van der Waals surface area contributed by atoms with Gasteiger partial charge >= 0.3 is 0 Å². The summed E-state index contributed by atoms with van der Waals surface area (Å²) in [7, 11) is -2.37. The van der Waals surface area contributed by atoms with E-state index < -0.39 is 15.6 Å². The molecule has 5 nitrogen and oxygen atoms in total. The lowest BCUT2D eigenvalue weighted by Crippen LogP contribution is -2.46. The normalized spacial score (nSPS) is 12.5. The highest BCUT2D eigenvalue weighted by atomic mass is 79.9. The zero-order valence-corrected chi connectivity index (χ0v) is 16.3.